The van der Waals surface area contributed by atoms with E-state index >= 15 is 0 Å². The van der Waals surface area contributed by atoms with Crippen molar-refractivity contribution < 1.29 is 27.9 Å². The Balaban J connectivity index is 3.11. The Kier molecular flexibility index (Phi) is 5.00. The fraction of sp³-hybridized carbons (Fsp3) is 0.833. The summed E-state index contributed by atoms with van der Waals surface area (Å²) in [6.45, 7) is 6.84. The molecule has 1 fully saturated rings. The molecule has 0 unspecified atom stereocenters. The van der Waals surface area contributed by atoms with Gasteiger partial charge in [-0.2, -0.15) is 0 Å². The highest BCUT2D eigenvalue weighted by Crippen LogP contribution is 2.56. The van der Waals surface area contributed by atoms with Crippen LogP contribution in [0.25, 0.3) is 0 Å². The second-order valence-electron chi connectivity index (χ2n) is 5.69. The highest BCUT2D eigenvalue weighted by atomic mass is 31.2. The van der Waals surface area contributed by atoms with E-state index < -0.39 is 31.1 Å². The number of ketones is 1. The monoisotopic (exact) mass is 307 g/mol. The Morgan fingerprint density at radius 1 is 1.30 bits per heavy atom. The highest BCUT2D eigenvalue weighted by Gasteiger charge is 2.53. The first-order chi connectivity index (χ1) is 9.05. The zero-order valence-electron chi connectivity index (χ0n) is 12.7. The smallest absolute Gasteiger partial charge is 0.411 e. The maximum Gasteiger partial charge on any atom is 0.411 e. The van der Waals surface area contributed by atoms with Gasteiger partial charge in [0.2, 0.25) is 0 Å². The fourth-order valence-corrected chi connectivity index (χ4v) is 3.72. The van der Waals surface area contributed by atoms with Gasteiger partial charge in [0.05, 0.1) is 0 Å². The number of hydrogen-bond donors (Lipinski definition) is 0. The molecule has 1 amide bonds. The van der Waals surface area contributed by atoms with E-state index in [0.29, 0.717) is 0 Å². The van der Waals surface area contributed by atoms with Gasteiger partial charge in [-0.05, 0) is 27.7 Å². The van der Waals surface area contributed by atoms with E-state index in [1.807, 2.05) is 0 Å². The van der Waals surface area contributed by atoms with Crippen LogP contribution in [-0.4, -0.2) is 48.4 Å². The molecule has 1 rings (SSSR count). The molecule has 116 valence electrons. The largest absolute Gasteiger partial charge is 0.444 e. The molecule has 2 atom stereocenters. The SMILES string of the molecule is COP(=O)(OC)[C@@H]1C(=O)C[C@H](C)N1C(=O)OC(C)(C)C. The van der Waals surface area contributed by atoms with Gasteiger partial charge < -0.3 is 13.8 Å². The molecular weight excluding hydrogens is 285 g/mol. The zero-order chi connectivity index (χ0) is 15.7. The van der Waals surface area contributed by atoms with Crippen molar-refractivity contribution in [3.8, 4) is 0 Å². The van der Waals surface area contributed by atoms with Crippen LogP contribution in [0.4, 0.5) is 4.79 Å². The molecule has 7 nitrogen and oxygen atoms in total. The lowest BCUT2D eigenvalue weighted by Crippen LogP contribution is -2.44. The zero-order valence-corrected chi connectivity index (χ0v) is 13.6. The van der Waals surface area contributed by atoms with E-state index in [9.17, 15) is 14.2 Å². The molecule has 1 saturated heterocycles. The van der Waals surface area contributed by atoms with Crippen LogP contribution in [0.3, 0.4) is 0 Å². The molecule has 8 heteroatoms. The number of carbonyl (C=O) groups is 2. The normalized spacial score (nSPS) is 24.1. The minimum absolute atomic E-state index is 0.0978. The van der Waals surface area contributed by atoms with Crippen molar-refractivity contribution in [3.63, 3.8) is 0 Å². The molecule has 0 bridgehead atoms. The average Bonchev–Trinajstić information content (AvgIpc) is 2.61. The number of rotatable bonds is 3. The van der Waals surface area contributed by atoms with Gasteiger partial charge in [0.15, 0.2) is 11.6 Å². The molecule has 0 aromatic rings. The number of hydrogen-bond acceptors (Lipinski definition) is 6. The van der Waals surface area contributed by atoms with E-state index in [1.165, 1.54) is 14.2 Å². The van der Waals surface area contributed by atoms with Gasteiger partial charge in [-0.15, -0.1) is 0 Å². The molecule has 0 radical (unpaired) electrons. The van der Waals surface area contributed by atoms with Crippen molar-refractivity contribution in [3.05, 3.63) is 0 Å². The molecule has 0 aliphatic carbocycles. The molecule has 1 aliphatic rings. The Hall–Kier alpha value is -0.910. The Morgan fingerprint density at radius 3 is 2.20 bits per heavy atom. The summed E-state index contributed by atoms with van der Waals surface area (Å²) in [5.41, 5.74) is -0.711. The second-order valence-corrected chi connectivity index (χ2v) is 7.98. The summed E-state index contributed by atoms with van der Waals surface area (Å²) in [6.07, 6.45) is -0.601. The van der Waals surface area contributed by atoms with Gasteiger partial charge >= 0.3 is 13.7 Å². The third kappa shape index (κ3) is 3.40. The van der Waals surface area contributed by atoms with Crippen LogP contribution in [-0.2, 0) is 23.1 Å². The van der Waals surface area contributed by atoms with Gasteiger partial charge in [0.25, 0.3) is 0 Å². The molecule has 0 saturated carbocycles. The van der Waals surface area contributed by atoms with Gasteiger partial charge in [-0.3, -0.25) is 14.3 Å². The second kappa shape index (κ2) is 5.84. The highest BCUT2D eigenvalue weighted by molar-refractivity contribution is 7.55. The lowest BCUT2D eigenvalue weighted by molar-refractivity contribution is -0.118. The number of amides is 1. The number of nitrogens with zero attached hydrogens (tertiary/aromatic N) is 1. The van der Waals surface area contributed by atoms with E-state index in [0.717, 1.165) is 4.90 Å². The minimum atomic E-state index is -3.72. The third-order valence-corrected chi connectivity index (χ3v) is 5.09. The predicted octanol–water partition coefficient (Wildman–Crippen LogP) is 2.40. The van der Waals surface area contributed by atoms with E-state index in [2.05, 4.69) is 0 Å². The summed E-state index contributed by atoms with van der Waals surface area (Å²) < 4.78 is 27.5. The van der Waals surface area contributed by atoms with E-state index in [-0.39, 0.29) is 12.2 Å². The number of ether oxygens (including phenoxy) is 1. The predicted molar refractivity (Wildman–Crippen MR) is 72.6 cm³/mol. The van der Waals surface area contributed by atoms with Crippen molar-refractivity contribution in [2.45, 2.75) is 51.5 Å². The van der Waals surface area contributed by atoms with Crippen molar-refractivity contribution in [1.82, 2.24) is 4.90 Å². The Labute approximate surface area is 119 Å². The minimum Gasteiger partial charge on any atom is -0.444 e. The van der Waals surface area contributed by atoms with Gasteiger partial charge in [0, 0.05) is 26.7 Å². The molecule has 0 aromatic heterocycles. The summed E-state index contributed by atoms with van der Waals surface area (Å²) in [6, 6.07) is -0.416. The van der Waals surface area contributed by atoms with Crippen molar-refractivity contribution >= 4 is 19.5 Å². The van der Waals surface area contributed by atoms with E-state index in [1.54, 1.807) is 27.7 Å². The number of likely N-dealkylation sites (tertiary alicyclic amines) is 1. The van der Waals surface area contributed by atoms with Crippen LogP contribution < -0.4 is 0 Å². The van der Waals surface area contributed by atoms with Gasteiger partial charge in [-0.1, -0.05) is 0 Å². The summed E-state index contributed by atoms with van der Waals surface area (Å²) in [5.74, 6) is -1.60. The first-order valence-corrected chi connectivity index (χ1v) is 7.92. The number of carbonyl (C=O) groups excluding carboxylic acids is 2. The van der Waals surface area contributed by atoms with Crippen LogP contribution in [0.2, 0.25) is 0 Å². The van der Waals surface area contributed by atoms with E-state index in [4.69, 9.17) is 13.8 Å². The number of Topliss-reactive ketones (excluding diaryl/α,β-unsaturated/α-hetero) is 1. The lowest BCUT2D eigenvalue weighted by atomic mass is 10.2. The molecule has 1 aliphatic heterocycles. The topological polar surface area (TPSA) is 82.1 Å². The van der Waals surface area contributed by atoms with Crippen LogP contribution in [0.5, 0.6) is 0 Å². The first kappa shape index (κ1) is 17.1. The lowest BCUT2D eigenvalue weighted by Gasteiger charge is -2.32. The van der Waals surface area contributed by atoms with Gasteiger partial charge in [-0.25, -0.2) is 4.79 Å². The molecule has 0 spiro atoms. The van der Waals surface area contributed by atoms with Crippen LogP contribution >= 0.6 is 7.60 Å². The standard InChI is InChI=1S/C12H22NO6P/c1-8-7-9(14)10(20(16,17-5)18-6)13(8)11(15)19-12(2,3)4/h8,10H,7H2,1-6H3/t8-,10+/m0/s1. The van der Waals surface area contributed by atoms with Gasteiger partial charge in [0.1, 0.15) is 5.60 Å². The first-order valence-electron chi connectivity index (χ1n) is 6.31. The molecule has 0 aromatic carbocycles. The Bertz CT molecular complexity index is 436. The summed E-state index contributed by atoms with van der Waals surface area (Å²) >= 11 is 0. The van der Waals surface area contributed by atoms with Crippen molar-refractivity contribution in [2.75, 3.05) is 14.2 Å². The fourth-order valence-electron chi connectivity index (χ4n) is 2.09. The summed E-state index contributed by atoms with van der Waals surface area (Å²) in [4.78, 5) is 25.4. The molecule has 1 heterocycles. The maximum atomic E-state index is 12.5. The summed E-state index contributed by atoms with van der Waals surface area (Å²) in [5, 5.41) is 0. The summed E-state index contributed by atoms with van der Waals surface area (Å²) in [7, 11) is -1.35. The van der Waals surface area contributed by atoms with Crippen molar-refractivity contribution in [2.24, 2.45) is 0 Å². The molecule has 20 heavy (non-hydrogen) atoms. The average molecular weight is 307 g/mol. The third-order valence-electron chi connectivity index (χ3n) is 2.94. The van der Waals surface area contributed by atoms with Crippen LogP contribution in [0.15, 0.2) is 0 Å². The molecule has 0 N–H and O–H groups in total. The van der Waals surface area contributed by atoms with Crippen molar-refractivity contribution in [1.29, 1.82) is 0 Å². The quantitative estimate of drug-likeness (QED) is 0.745. The van der Waals surface area contributed by atoms with Crippen LogP contribution in [0.1, 0.15) is 34.1 Å². The Morgan fingerprint density at radius 2 is 1.80 bits per heavy atom. The molecular formula is C12H22NO6P. The maximum absolute atomic E-state index is 12.5. The van der Waals surface area contributed by atoms with Crippen LogP contribution in [0, 0.1) is 0 Å².